The van der Waals surface area contributed by atoms with E-state index in [1.54, 1.807) is 24.3 Å². The zero-order chi connectivity index (χ0) is 15.7. The fourth-order valence-corrected chi connectivity index (χ4v) is 3.67. The van der Waals surface area contributed by atoms with Crippen molar-refractivity contribution in [3.05, 3.63) is 29.8 Å². The smallest absolute Gasteiger partial charge is 0.175 e. The molecule has 0 aromatic heterocycles. The van der Waals surface area contributed by atoms with Gasteiger partial charge in [0.1, 0.15) is 0 Å². The number of aliphatic hydroxyl groups excluding tert-OH is 1. The Balaban J connectivity index is 1.54. The first-order valence-electron chi connectivity index (χ1n) is 7.88. The summed E-state index contributed by atoms with van der Waals surface area (Å²) in [5.74, 6) is 0. The van der Waals surface area contributed by atoms with Crippen LogP contribution in [0.1, 0.15) is 24.5 Å². The van der Waals surface area contributed by atoms with Crippen molar-refractivity contribution in [2.75, 3.05) is 39.0 Å². The molecule has 1 unspecified atom stereocenters. The number of hydrogen-bond acceptors (Lipinski definition) is 5. The van der Waals surface area contributed by atoms with Gasteiger partial charge in [-0.1, -0.05) is 12.1 Å². The van der Waals surface area contributed by atoms with Gasteiger partial charge in [0.25, 0.3) is 0 Å². The molecule has 1 saturated heterocycles. The molecule has 2 fully saturated rings. The zero-order valence-corrected chi connectivity index (χ0v) is 13.8. The highest BCUT2D eigenvalue weighted by molar-refractivity contribution is 7.90. The molecule has 1 aliphatic carbocycles. The molecule has 122 valence electrons. The molecule has 0 bridgehead atoms. The summed E-state index contributed by atoms with van der Waals surface area (Å²) in [5.41, 5.74) is 0.775. The van der Waals surface area contributed by atoms with Crippen molar-refractivity contribution in [2.45, 2.75) is 29.9 Å². The molecule has 1 aromatic carbocycles. The molecule has 1 atom stereocenters. The minimum atomic E-state index is -3.18. The first kappa shape index (κ1) is 15.9. The molecule has 6 heteroatoms. The van der Waals surface area contributed by atoms with Crippen molar-refractivity contribution in [1.82, 2.24) is 9.80 Å². The van der Waals surface area contributed by atoms with E-state index >= 15 is 0 Å². The topological polar surface area (TPSA) is 60.9 Å². The standard InChI is InChI=1S/C16H24N2O3S/c1-22(20,21)15-6-2-13(3-7-15)16(19)12-17-8-10-18(11-9-17)14-4-5-14/h2-3,6-7,14,16,19H,4-5,8-12H2,1H3. The van der Waals surface area contributed by atoms with Crippen molar-refractivity contribution in [1.29, 1.82) is 0 Å². The van der Waals surface area contributed by atoms with Crippen molar-refractivity contribution in [3.8, 4) is 0 Å². The Bertz CT molecular complexity index is 603. The van der Waals surface area contributed by atoms with E-state index in [0.717, 1.165) is 37.8 Å². The second kappa shape index (κ2) is 6.28. The molecule has 0 radical (unpaired) electrons. The number of nitrogens with zero attached hydrogens (tertiary/aromatic N) is 2. The van der Waals surface area contributed by atoms with Gasteiger partial charge in [-0.05, 0) is 30.5 Å². The number of sulfone groups is 1. The van der Waals surface area contributed by atoms with Crippen LogP contribution in [0.25, 0.3) is 0 Å². The van der Waals surface area contributed by atoms with E-state index in [4.69, 9.17) is 0 Å². The van der Waals surface area contributed by atoms with Crippen LogP contribution in [-0.2, 0) is 9.84 Å². The highest BCUT2D eigenvalue weighted by Crippen LogP contribution is 2.27. The van der Waals surface area contributed by atoms with Gasteiger partial charge in [-0.3, -0.25) is 9.80 Å². The summed E-state index contributed by atoms with van der Waals surface area (Å²) >= 11 is 0. The molecule has 5 nitrogen and oxygen atoms in total. The van der Waals surface area contributed by atoms with E-state index in [9.17, 15) is 13.5 Å². The molecule has 1 aliphatic heterocycles. The van der Waals surface area contributed by atoms with E-state index in [-0.39, 0.29) is 0 Å². The van der Waals surface area contributed by atoms with Gasteiger partial charge in [-0.25, -0.2) is 8.42 Å². The predicted molar refractivity (Wildman–Crippen MR) is 85.5 cm³/mol. The maximum atomic E-state index is 11.4. The summed E-state index contributed by atoms with van der Waals surface area (Å²) in [6.45, 7) is 4.77. The number of rotatable bonds is 5. The van der Waals surface area contributed by atoms with E-state index < -0.39 is 15.9 Å². The Morgan fingerprint density at radius 3 is 2.23 bits per heavy atom. The van der Waals surface area contributed by atoms with Crippen LogP contribution in [0.4, 0.5) is 0 Å². The van der Waals surface area contributed by atoms with Crippen LogP contribution in [0.5, 0.6) is 0 Å². The lowest BCUT2D eigenvalue weighted by molar-refractivity contribution is 0.0699. The van der Waals surface area contributed by atoms with E-state index in [1.807, 2.05) is 0 Å². The van der Waals surface area contributed by atoms with Gasteiger partial charge in [0.2, 0.25) is 0 Å². The largest absolute Gasteiger partial charge is 0.387 e. The van der Waals surface area contributed by atoms with Crippen LogP contribution >= 0.6 is 0 Å². The van der Waals surface area contributed by atoms with Crippen molar-refractivity contribution >= 4 is 9.84 Å². The summed E-state index contributed by atoms with van der Waals surface area (Å²) in [7, 11) is -3.18. The van der Waals surface area contributed by atoms with Gasteiger partial charge < -0.3 is 5.11 Å². The van der Waals surface area contributed by atoms with Crippen molar-refractivity contribution in [3.63, 3.8) is 0 Å². The Morgan fingerprint density at radius 1 is 1.14 bits per heavy atom. The van der Waals surface area contributed by atoms with Crippen LogP contribution in [0, 0.1) is 0 Å². The SMILES string of the molecule is CS(=O)(=O)c1ccc(C(O)CN2CCN(C3CC3)CC2)cc1. The summed E-state index contributed by atoms with van der Waals surface area (Å²) in [4.78, 5) is 5.12. The Hall–Kier alpha value is -0.950. The molecule has 1 heterocycles. The minimum absolute atomic E-state index is 0.293. The van der Waals surface area contributed by atoms with Crippen LogP contribution < -0.4 is 0 Å². The highest BCUT2D eigenvalue weighted by Gasteiger charge is 2.31. The summed E-state index contributed by atoms with van der Waals surface area (Å²) in [6.07, 6.45) is 3.31. The maximum absolute atomic E-state index is 11.4. The van der Waals surface area contributed by atoms with Gasteiger partial charge in [0.05, 0.1) is 11.0 Å². The van der Waals surface area contributed by atoms with Crippen LogP contribution in [0.15, 0.2) is 29.2 Å². The van der Waals surface area contributed by atoms with Gasteiger partial charge in [-0.15, -0.1) is 0 Å². The van der Waals surface area contributed by atoms with Crippen LogP contribution in [0.3, 0.4) is 0 Å². The van der Waals surface area contributed by atoms with Crippen molar-refractivity contribution in [2.24, 2.45) is 0 Å². The number of β-amino-alcohol motifs (C(OH)–C–C–N with tert-alkyl or cyclic N) is 1. The highest BCUT2D eigenvalue weighted by atomic mass is 32.2. The lowest BCUT2D eigenvalue weighted by atomic mass is 10.1. The second-order valence-electron chi connectivity index (χ2n) is 6.42. The molecule has 22 heavy (non-hydrogen) atoms. The lowest BCUT2D eigenvalue weighted by Gasteiger charge is -2.35. The maximum Gasteiger partial charge on any atom is 0.175 e. The monoisotopic (exact) mass is 324 g/mol. The first-order valence-corrected chi connectivity index (χ1v) is 9.77. The molecule has 2 aliphatic rings. The van der Waals surface area contributed by atoms with E-state index in [2.05, 4.69) is 9.80 Å². The Labute approximate surface area is 132 Å². The number of piperazine rings is 1. The molecular weight excluding hydrogens is 300 g/mol. The Morgan fingerprint density at radius 2 is 1.73 bits per heavy atom. The van der Waals surface area contributed by atoms with Crippen LogP contribution in [0.2, 0.25) is 0 Å². The summed E-state index contributed by atoms with van der Waals surface area (Å²) in [6, 6.07) is 7.37. The molecule has 0 spiro atoms. The minimum Gasteiger partial charge on any atom is -0.387 e. The van der Waals surface area contributed by atoms with E-state index in [1.165, 1.54) is 19.1 Å². The van der Waals surface area contributed by atoms with Gasteiger partial charge in [0, 0.05) is 45.0 Å². The summed E-state index contributed by atoms with van der Waals surface area (Å²) < 4.78 is 22.9. The Kier molecular flexibility index (Phi) is 4.54. The van der Waals surface area contributed by atoms with Crippen LogP contribution in [-0.4, -0.2) is 68.3 Å². The molecule has 1 N–H and O–H groups in total. The number of aliphatic hydroxyl groups is 1. The molecule has 3 rings (SSSR count). The van der Waals surface area contributed by atoms with Gasteiger partial charge in [-0.2, -0.15) is 0 Å². The normalized spacial score (nSPS) is 22.6. The predicted octanol–water partition coefficient (Wildman–Crippen LogP) is 0.903. The number of benzene rings is 1. The quantitative estimate of drug-likeness (QED) is 0.872. The number of hydrogen-bond donors (Lipinski definition) is 1. The third kappa shape index (κ3) is 3.87. The second-order valence-corrected chi connectivity index (χ2v) is 8.44. The fourth-order valence-electron chi connectivity index (χ4n) is 3.04. The molecule has 1 saturated carbocycles. The third-order valence-corrected chi connectivity index (χ3v) is 5.72. The first-order chi connectivity index (χ1) is 10.4. The average molecular weight is 324 g/mol. The lowest BCUT2D eigenvalue weighted by Crippen LogP contribution is -2.48. The molecular formula is C16H24N2O3S. The van der Waals surface area contributed by atoms with E-state index in [0.29, 0.717) is 11.4 Å². The summed E-state index contributed by atoms with van der Waals surface area (Å²) in [5, 5.41) is 10.3. The third-order valence-electron chi connectivity index (χ3n) is 4.59. The van der Waals surface area contributed by atoms with Crippen molar-refractivity contribution < 1.29 is 13.5 Å². The average Bonchev–Trinajstić information content (AvgIpc) is 3.32. The van der Waals surface area contributed by atoms with Gasteiger partial charge in [0.15, 0.2) is 9.84 Å². The van der Waals surface area contributed by atoms with Gasteiger partial charge >= 0.3 is 0 Å². The molecule has 1 aromatic rings. The fraction of sp³-hybridized carbons (Fsp3) is 0.625. The molecule has 0 amide bonds. The zero-order valence-electron chi connectivity index (χ0n) is 13.0.